The molecule has 0 fully saturated rings. The largest absolute Gasteiger partial charge is 0.456 e. The minimum Gasteiger partial charge on any atom is -0.456 e. The van der Waals surface area contributed by atoms with E-state index < -0.39 is 0 Å². The molecule has 1 aliphatic rings. The first-order valence-corrected chi connectivity index (χ1v) is 31.1. The molecule has 0 amide bonds. The lowest BCUT2D eigenvalue weighted by Crippen LogP contribution is -2.00. The van der Waals surface area contributed by atoms with E-state index in [1.807, 2.05) is 6.07 Å². The lowest BCUT2D eigenvalue weighted by molar-refractivity contribution is 0.669. The Balaban J connectivity index is 0.746. The molecule has 0 N–H and O–H groups in total. The summed E-state index contributed by atoms with van der Waals surface area (Å²) in [6.07, 6.45) is 6.63. The number of aryl methyl sites for hydroxylation is 1. The van der Waals surface area contributed by atoms with Crippen LogP contribution in [0.3, 0.4) is 0 Å². The van der Waals surface area contributed by atoms with Gasteiger partial charge in [0.15, 0.2) is 0 Å². The molecule has 0 unspecified atom stereocenters. The topological polar surface area (TPSA) is 46.0 Å². The van der Waals surface area contributed by atoms with Crippen molar-refractivity contribution in [3.63, 3.8) is 0 Å². The minimum atomic E-state index is 0.871. The van der Waals surface area contributed by atoms with Gasteiger partial charge in [-0.25, -0.2) is 0 Å². The maximum atomic E-state index is 6.96. The summed E-state index contributed by atoms with van der Waals surface area (Å²) in [6, 6.07) is 102. The highest BCUT2D eigenvalue weighted by atomic mass is 16.3. The predicted molar refractivity (Wildman–Crippen MR) is 375 cm³/mol. The average molecular weight is 1150 g/mol. The van der Waals surface area contributed by atoms with Crippen LogP contribution in [0.15, 0.2) is 294 Å². The van der Waals surface area contributed by atoms with Gasteiger partial charge in [-0.1, -0.05) is 164 Å². The first-order chi connectivity index (χ1) is 44.6. The molecule has 6 heteroatoms. The van der Waals surface area contributed by atoms with Gasteiger partial charge < -0.3 is 27.1 Å². The van der Waals surface area contributed by atoms with Crippen molar-refractivity contribution in [1.29, 1.82) is 0 Å². The molecule has 6 aromatic heterocycles. The summed E-state index contributed by atoms with van der Waals surface area (Å²) < 4.78 is 23.2. The molecule has 0 aliphatic heterocycles. The molecule has 6 heterocycles. The van der Waals surface area contributed by atoms with Crippen LogP contribution in [0.1, 0.15) is 17.7 Å². The normalized spacial score (nSPS) is 12.8. The van der Waals surface area contributed by atoms with Crippen LogP contribution in [0.25, 0.3) is 182 Å². The highest BCUT2D eigenvalue weighted by Crippen LogP contribution is 2.46. The van der Waals surface area contributed by atoms with E-state index in [9.17, 15) is 0 Å². The Morgan fingerprint density at radius 1 is 0.267 bits per heavy atom. The molecule has 420 valence electrons. The zero-order valence-corrected chi connectivity index (χ0v) is 48.7. The first kappa shape index (κ1) is 49.3. The monoisotopic (exact) mass is 1150 g/mol. The zero-order chi connectivity index (χ0) is 58.7. The van der Waals surface area contributed by atoms with Crippen LogP contribution in [0.5, 0.6) is 0 Å². The molecular formula is C84H52N4O2. The van der Waals surface area contributed by atoms with Crippen LogP contribution in [0.4, 0.5) is 0 Å². The minimum absolute atomic E-state index is 0.871. The van der Waals surface area contributed by atoms with Gasteiger partial charge in [0.25, 0.3) is 0 Å². The maximum absolute atomic E-state index is 6.96. The SMILES string of the molecule is C1=Cc2c(c3cc4c(cc3n2-c2cccc(-c3cc(-c5cccc(-n6c7ccccc7c7cc8c(cc76)c6ccccc6n8-c6ccccc6)c5)cc5c3oc3ccccc35)c2)c2ccccc2n4-c2cccc(-c3cccc4oc5ccccc5c34)c2)CC1. The number of furan rings is 2. The number of nitrogens with zero attached hydrogens (tertiary/aromatic N) is 4. The second-order valence-corrected chi connectivity index (χ2v) is 24.2. The van der Waals surface area contributed by atoms with Gasteiger partial charge in [0, 0.05) is 93.3 Å². The second kappa shape index (κ2) is 18.8. The van der Waals surface area contributed by atoms with Crippen molar-refractivity contribution in [1.82, 2.24) is 18.3 Å². The molecule has 0 spiro atoms. The maximum Gasteiger partial charge on any atom is 0.143 e. The highest BCUT2D eigenvalue weighted by Gasteiger charge is 2.25. The van der Waals surface area contributed by atoms with Gasteiger partial charge in [0.05, 0.1) is 38.6 Å². The van der Waals surface area contributed by atoms with E-state index in [0.29, 0.717) is 0 Å². The summed E-state index contributed by atoms with van der Waals surface area (Å²) in [5.74, 6) is 0. The number of fused-ring (bicyclic) bond motifs is 18. The van der Waals surface area contributed by atoms with Crippen LogP contribution >= 0.6 is 0 Å². The van der Waals surface area contributed by atoms with E-state index in [1.165, 1.54) is 87.6 Å². The van der Waals surface area contributed by atoms with Crippen LogP contribution in [-0.4, -0.2) is 18.3 Å². The van der Waals surface area contributed by atoms with E-state index >= 15 is 0 Å². The van der Waals surface area contributed by atoms with E-state index in [1.54, 1.807) is 0 Å². The summed E-state index contributed by atoms with van der Waals surface area (Å²) in [4.78, 5) is 0. The zero-order valence-electron chi connectivity index (χ0n) is 48.7. The smallest absolute Gasteiger partial charge is 0.143 e. The number of hydrogen-bond acceptors (Lipinski definition) is 2. The lowest BCUT2D eigenvalue weighted by Gasteiger charge is -2.15. The van der Waals surface area contributed by atoms with E-state index in [2.05, 4.69) is 303 Å². The molecule has 0 atom stereocenters. The molecule has 0 saturated carbocycles. The Kier molecular flexibility index (Phi) is 10.3. The number of hydrogen-bond donors (Lipinski definition) is 0. The van der Waals surface area contributed by atoms with Crippen molar-refractivity contribution < 1.29 is 8.83 Å². The van der Waals surface area contributed by atoms with Crippen molar-refractivity contribution in [3.05, 3.63) is 296 Å². The number of para-hydroxylation sites is 6. The summed E-state index contributed by atoms with van der Waals surface area (Å²) >= 11 is 0. The third kappa shape index (κ3) is 7.10. The quantitative estimate of drug-likeness (QED) is 0.160. The van der Waals surface area contributed by atoms with E-state index in [4.69, 9.17) is 8.83 Å². The third-order valence-electron chi connectivity index (χ3n) is 19.4. The molecule has 90 heavy (non-hydrogen) atoms. The van der Waals surface area contributed by atoms with Crippen molar-refractivity contribution in [2.24, 2.45) is 0 Å². The Morgan fingerprint density at radius 3 is 1.38 bits per heavy atom. The fourth-order valence-electron chi connectivity index (χ4n) is 15.5. The number of benzene rings is 13. The lowest BCUT2D eigenvalue weighted by atomic mass is 9.95. The van der Waals surface area contributed by atoms with Crippen LogP contribution in [0, 0.1) is 0 Å². The van der Waals surface area contributed by atoms with Crippen LogP contribution in [-0.2, 0) is 6.42 Å². The molecule has 1 aliphatic carbocycles. The first-order valence-electron chi connectivity index (χ1n) is 31.1. The van der Waals surface area contributed by atoms with Gasteiger partial charge in [0.2, 0.25) is 0 Å². The molecule has 0 saturated heterocycles. The fraction of sp³-hybridized carbons (Fsp3) is 0.0238. The van der Waals surface area contributed by atoms with Crippen LogP contribution in [0.2, 0.25) is 0 Å². The fourth-order valence-corrected chi connectivity index (χ4v) is 15.5. The van der Waals surface area contributed by atoms with Crippen molar-refractivity contribution >= 4 is 126 Å². The van der Waals surface area contributed by atoms with Gasteiger partial charge >= 0.3 is 0 Å². The average Bonchev–Trinajstić information content (AvgIpc) is 1.68. The Morgan fingerprint density at radius 2 is 0.733 bits per heavy atom. The molecule has 19 aromatic rings. The van der Waals surface area contributed by atoms with Gasteiger partial charge in [-0.3, -0.25) is 0 Å². The summed E-state index contributed by atoms with van der Waals surface area (Å²) in [6.45, 7) is 0. The Bertz CT molecular complexity index is 6290. The molecule has 20 rings (SSSR count). The molecule has 13 aromatic carbocycles. The molecule has 6 nitrogen and oxygen atoms in total. The second-order valence-electron chi connectivity index (χ2n) is 24.2. The van der Waals surface area contributed by atoms with Crippen molar-refractivity contribution in [2.75, 3.05) is 0 Å². The Hall–Kier alpha value is -11.9. The molecule has 0 bridgehead atoms. The van der Waals surface area contributed by atoms with Crippen molar-refractivity contribution in [2.45, 2.75) is 12.8 Å². The van der Waals surface area contributed by atoms with Gasteiger partial charge in [-0.15, -0.1) is 0 Å². The van der Waals surface area contributed by atoms with Gasteiger partial charge in [-0.05, 0) is 174 Å². The van der Waals surface area contributed by atoms with Crippen LogP contribution < -0.4 is 0 Å². The van der Waals surface area contributed by atoms with E-state index in [-0.39, 0.29) is 0 Å². The predicted octanol–water partition coefficient (Wildman–Crippen LogP) is 22.7. The number of rotatable bonds is 7. The molecule has 0 radical (unpaired) electrons. The number of aromatic nitrogens is 4. The third-order valence-corrected chi connectivity index (χ3v) is 19.4. The van der Waals surface area contributed by atoms with Gasteiger partial charge in [0.1, 0.15) is 22.3 Å². The molecular weight excluding hydrogens is 1100 g/mol. The summed E-state index contributed by atoms with van der Waals surface area (Å²) in [5.41, 5.74) is 25.6. The summed E-state index contributed by atoms with van der Waals surface area (Å²) in [7, 11) is 0. The number of allylic oxidation sites excluding steroid dienone is 1. The highest BCUT2D eigenvalue weighted by molar-refractivity contribution is 6.20. The standard InChI is InChI=1S/C84H52N4O2/c1-2-23-55(24-3-1)85-72-35-10-4-28-60(72)67-48-77-68(47-76(67)85)61-29-5-11-36-73(61)86(77)56-25-16-20-51(42-56)54-45-66(84-71(46-54)64-32-8-14-39-80(64)90-84)53-22-18-27-58(44-53)88-75-38-13-7-31-63(75)70-49-78-69(50-79(70)88)62-30-6-12-37-74(62)87(78)57-26-17-21-52(43-57)59-34-19-41-82-83(59)65-33-9-15-40-81(65)89-82/h1-6,8-30,32-50H,7,31H2. The van der Waals surface area contributed by atoms with Crippen molar-refractivity contribution in [3.8, 4) is 56.1 Å². The van der Waals surface area contributed by atoms with E-state index in [0.717, 1.165) is 113 Å². The Labute approximate surface area is 515 Å². The van der Waals surface area contributed by atoms with Gasteiger partial charge in [-0.2, -0.15) is 0 Å². The summed E-state index contributed by atoms with van der Waals surface area (Å²) in [5, 5.41) is 13.1.